The topological polar surface area (TPSA) is 58.6 Å². The van der Waals surface area contributed by atoms with Gasteiger partial charge in [-0.1, -0.05) is 24.3 Å². The van der Waals surface area contributed by atoms with Gasteiger partial charge in [-0.15, -0.1) is 0 Å². The number of carbonyl (C=O) groups is 2. The van der Waals surface area contributed by atoms with Crippen LogP contribution in [0.2, 0.25) is 0 Å². The Kier molecular flexibility index (Phi) is 3.57. The van der Waals surface area contributed by atoms with Crippen LogP contribution in [-0.4, -0.2) is 36.1 Å². The minimum atomic E-state index is -0.964. The molecule has 0 spiro atoms. The molecule has 1 N–H and O–H groups in total. The number of amides is 3. The summed E-state index contributed by atoms with van der Waals surface area (Å²) in [4.78, 5) is 25.5. The Hall–Kier alpha value is -1.88. The molecule has 0 saturated carbocycles. The van der Waals surface area contributed by atoms with E-state index in [0.29, 0.717) is 0 Å². The highest BCUT2D eigenvalue weighted by atomic mass is 16.5. The van der Waals surface area contributed by atoms with Crippen LogP contribution in [-0.2, 0) is 16.1 Å². The smallest absolute Gasteiger partial charge is 0.325 e. The van der Waals surface area contributed by atoms with Crippen molar-refractivity contribution in [3.63, 3.8) is 0 Å². The van der Waals surface area contributed by atoms with E-state index >= 15 is 0 Å². The van der Waals surface area contributed by atoms with Crippen LogP contribution < -0.4 is 5.32 Å². The zero-order valence-corrected chi connectivity index (χ0v) is 11.4. The molecule has 1 aliphatic heterocycles. The Morgan fingerprint density at radius 3 is 2.63 bits per heavy atom. The van der Waals surface area contributed by atoms with Crippen LogP contribution in [0.3, 0.4) is 0 Å². The number of nitrogens with zero attached hydrogens (tertiary/aromatic N) is 1. The molecule has 102 valence electrons. The van der Waals surface area contributed by atoms with Crippen LogP contribution in [0.15, 0.2) is 24.3 Å². The van der Waals surface area contributed by atoms with Crippen molar-refractivity contribution in [3.8, 4) is 0 Å². The number of ether oxygens (including phenoxy) is 1. The highest BCUT2D eigenvalue weighted by Gasteiger charge is 2.47. The molecule has 0 aromatic heterocycles. The van der Waals surface area contributed by atoms with Crippen molar-refractivity contribution in [2.75, 3.05) is 13.7 Å². The van der Waals surface area contributed by atoms with Gasteiger partial charge in [-0.2, -0.15) is 0 Å². The van der Waals surface area contributed by atoms with Crippen LogP contribution in [0.1, 0.15) is 18.1 Å². The van der Waals surface area contributed by atoms with E-state index in [-0.39, 0.29) is 25.1 Å². The van der Waals surface area contributed by atoms with Gasteiger partial charge < -0.3 is 10.1 Å². The van der Waals surface area contributed by atoms with Crippen molar-refractivity contribution < 1.29 is 14.3 Å². The van der Waals surface area contributed by atoms with Gasteiger partial charge in [0, 0.05) is 7.11 Å². The van der Waals surface area contributed by atoms with E-state index in [1.165, 1.54) is 12.0 Å². The predicted molar refractivity (Wildman–Crippen MR) is 70.5 cm³/mol. The van der Waals surface area contributed by atoms with Crippen molar-refractivity contribution >= 4 is 11.9 Å². The molecule has 3 amide bonds. The maximum atomic E-state index is 12.3. The quantitative estimate of drug-likeness (QED) is 0.836. The zero-order chi connectivity index (χ0) is 14.0. The number of nitrogens with one attached hydrogen (secondary N) is 1. The normalized spacial score (nSPS) is 22.8. The summed E-state index contributed by atoms with van der Waals surface area (Å²) in [5, 5.41) is 2.68. The SMILES string of the molecule is COCC1(C)NC(=O)N(Cc2ccccc2C)C1=O. The summed E-state index contributed by atoms with van der Waals surface area (Å²) in [6, 6.07) is 7.34. The van der Waals surface area contributed by atoms with Gasteiger partial charge >= 0.3 is 6.03 Å². The highest BCUT2D eigenvalue weighted by Crippen LogP contribution is 2.21. The molecule has 2 rings (SSSR count). The molecule has 1 fully saturated rings. The van der Waals surface area contributed by atoms with Gasteiger partial charge in [-0.3, -0.25) is 9.69 Å². The molecule has 0 radical (unpaired) electrons. The second kappa shape index (κ2) is 5.01. The Morgan fingerprint density at radius 2 is 2.00 bits per heavy atom. The van der Waals surface area contributed by atoms with Crippen molar-refractivity contribution in [1.29, 1.82) is 0 Å². The first-order valence-corrected chi connectivity index (χ1v) is 6.15. The van der Waals surface area contributed by atoms with Gasteiger partial charge in [0.1, 0.15) is 5.54 Å². The van der Waals surface area contributed by atoms with E-state index in [9.17, 15) is 9.59 Å². The molecule has 1 atom stereocenters. The lowest BCUT2D eigenvalue weighted by Gasteiger charge is -2.20. The summed E-state index contributed by atoms with van der Waals surface area (Å²) in [6.07, 6.45) is 0. The summed E-state index contributed by atoms with van der Waals surface area (Å²) in [7, 11) is 1.51. The van der Waals surface area contributed by atoms with Crippen molar-refractivity contribution in [2.45, 2.75) is 25.9 Å². The first kappa shape index (κ1) is 13.5. The second-order valence-electron chi connectivity index (χ2n) is 5.01. The Bertz CT molecular complexity index is 515. The van der Waals surface area contributed by atoms with Crippen LogP contribution >= 0.6 is 0 Å². The number of imide groups is 1. The fraction of sp³-hybridized carbons (Fsp3) is 0.429. The van der Waals surface area contributed by atoms with Gasteiger partial charge in [0.05, 0.1) is 13.2 Å². The van der Waals surface area contributed by atoms with E-state index in [0.717, 1.165) is 11.1 Å². The Balaban J connectivity index is 2.20. The van der Waals surface area contributed by atoms with Gasteiger partial charge in [-0.25, -0.2) is 4.79 Å². The molecule has 0 bridgehead atoms. The third-order valence-corrected chi connectivity index (χ3v) is 3.37. The van der Waals surface area contributed by atoms with E-state index < -0.39 is 5.54 Å². The Morgan fingerprint density at radius 1 is 1.32 bits per heavy atom. The summed E-state index contributed by atoms with van der Waals surface area (Å²) in [5.41, 5.74) is 1.06. The lowest BCUT2D eigenvalue weighted by atomic mass is 10.0. The number of hydrogen-bond acceptors (Lipinski definition) is 3. The molecule has 1 heterocycles. The van der Waals surface area contributed by atoms with E-state index in [2.05, 4.69) is 5.32 Å². The van der Waals surface area contributed by atoms with E-state index in [4.69, 9.17) is 4.74 Å². The molecule has 1 aliphatic rings. The fourth-order valence-corrected chi connectivity index (χ4v) is 2.23. The van der Waals surface area contributed by atoms with Crippen LogP contribution in [0.4, 0.5) is 4.79 Å². The van der Waals surface area contributed by atoms with Crippen molar-refractivity contribution in [3.05, 3.63) is 35.4 Å². The number of rotatable bonds is 4. The fourth-order valence-electron chi connectivity index (χ4n) is 2.23. The molecule has 1 aromatic carbocycles. The van der Waals surface area contributed by atoms with E-state index in [1.54, 1.807) is 6.92 Å². The Labute approximate surface area is 112 Å². The van der Waals surface area contributed by atoms with Crippen LogP contribution in [0, 0.1) is 6.92 Å². The monoisotopic (exact) mass is 262 g/mol. The maximum absolute atomic E-state index is 12.3. The molecule has 5 heteroatoms. The number of methoxy groups -OCH3 is 1. The largest absolute Gasteiger partial charge is 0.382 e. The highest BCUT2D eigenvalue weighted by molar-refractivity contribution is 6.06. The molecule has 1 unspecified atom stereocenters. The van der Waals surface area contributed by atoms with Crippen LogP contribution in [0.5, 0.6) is 0 Å². The minimum Gasteiger partial charge on any atom is -0.382 e. The van der Waals surface area contributed by atoms with E-state index in [1.807, 2.05) is 31.2 Å². The number of carbonyl (C=O) groups excluding carboxylic acids is 2. The van der Waals surface area contributed by atoms with Crippen LogP contribution in [0.25, 0.3) is 0 Å². The van der Waals surface area contributed by atoms with Gasteiger partial charge in [-0.05, 0) is 25.0 Å². The molecule has 5 nitrogen and oxygen atoms in total. The zero-order valence-electron chi connectivity index (χ0n) is 11.4. The summed E-state index contributed by atoms with van der Waals surface area (Å²) < 4.78 is 5.01. The van der Waals surface area contributed by atoms with Gasteiger partial charge in [0.25, 0.3) is 5.91 Å². The van der Waals surface area contributed by atoms with Crippen molar-refractivity contribution in [1.82, 2.24) is 10.2 Å². The second-order valence-corrected chi connectivity index (χ2v) is 5.01. The third kappa shape index (κ3) is 2.46. The minimum absolute atomic E-state index is 0.168. The summed E-state index contributed by atoms with van der Waals surface area (Å²) in [6.45, 7) is 4.09. The molecular weight excluding hydrogens is 244 g/mol. The number of urea groups is 1. The lowest BCUT2D eigenvalue weighted by molar-refractivity contribution is -0.132. The first-order valence-electron chi connectivity index (χ1n) is 6.15. The molecular formula is C14H18N2O3. The van der Waals surface area contributed by atoms with Gasteiger partial charge in [0.2, 0.25) is 0 Å². The average molecular weight is 262 g/mol. The summed E-state index contributed by atoms with van der Waals surface area (Å²) in [5.74, 6) is -0.248. The maximum Gasteiger partial charge on any atom is 0.325 e. The molecule has 1 aromatic rings. The van der Waals surface area contributed by atoms with Crippen molar-refractivity contribution in [2.24, 2.45) is 0 Å². The third-order valence-electron chi connectivity index (χ3n) is 3.37. The average Bonchev–Trinajstić information content (AvgIpc) is 2.56. The first-order chi connectivity index (χ1) is 8.98. The number of benzene rings is 1. The molecule has 1 saturated heterocycles. The number of aryl methyl sites for hydroxylation is 1. The summed E-state index contributed by atoms with van der Waals surface area (Å²) >= 11 is 0. The molecule has 0 aliphatic carbocycles. The molecule has 19 heavy (non-hydrogen) atoms. The van der Waals surface area contributed by atoms with Gasteiger partial charge in [0.15, 0.2) is 0 Å². The standard InChI is InChI=1S/C14H18N2O3/c1-10-6-4-5-7-11(10)8-16-12(17)14(2,9-19-3)15-13(16)18/h4-7H,8-9H2,1-3H3,(H,15,18). The lowest BCUT2D eigenvalue weighted by Crippen LogP contribution is -2.47. The predicted octanol–water partition coefficient (Wildman–Crippen LogP) is 1.45. The number of hydrogen-bond donors (Lipinski definition) is 1.